The van der Waals surface area contributed by atoms with Crippen molar-refractivity contribution in [3.63, 3.8) is 0 Å². The van der Waals surface area contributed by atoms with Gasteiger partial charge in [-0.15, -0.1) is 0 Å². The highest BCUT2D eigenvalue weighted by atomic mass is 16.5. The second-order valence-corrected chi connectivity index (χ2v) is 6.87. The number of urea groups is 1. The minimum Gasteiger partial charge on any atom is -0.467 e. The van der Waals surface area contributed by atoms with Gasteiger partial charge in [-0.2, -0.15) is 0 Å². The molecule has 1 aliphatic rings. The van der Waals surface area contributed by atoms with E-state index >= 15 is 0 Å². The predicted octanol–water partition coefficient (Wildman–Crippen LogP) is 2.99. The largest absolute Gasteiger partial charge is 0.467 e. The lowest BCUT2D eigenvalue weighted by Crippen LogP contribution is -2.50. The van der Waals surface area contributed by atoms with Gasteiger partial charge in [-0.3, -0.25) is 0 Å². The Morgan fingerprint density at radius 2 is 2.21 bits per heavy atom. The predicted molar refractivity (Wildman–Crippen MR) is 91.7 cm³/mol. The summed E-state index contributed by atoms with van der Waals surface area (Å²) < 4.78 is 11.1. The van der Waals surface area contributed by atoms with Crippen LogP contribution >= 0.6 is 0 Å². The van der Waals surface area contributed by atoms with Gasteiger partial charge in [0.1, 0.15) is 11.9 Å². The van der Waals surface area contributed by atoms with Crippen molar-refractivity contribution in [1.82, 2.24) is 10.6 Å². The average Bonchev–Trinajstić information content (AvgIpc) is 3.08. The minimum absolute atomic E-state index is 0.0340. The number of rotatable bonds is 8. The molecule has 2 rings (SSSR count). The summed E-state index contributed by atoms with van der Waals surface area (Å²) in [6.45, 7) is 5.21. The fourth-order valence-corrected chi connectivity index (χ4v) is 2.91. The van der Waals surface area contributed by atoms with E-state index in [0.29, 0.717) is 11.7 Å². The first kappa shape index (κ1) is 18.8. The molecule has 24 heavy (non-hydrogen) atoms. The molecule has 2 amide bonds. The Morgan fingerprint density at radius 3 is 2.92 bits per heavy atom. The first-order chi connectivity index (χ1) is 11.6. The molecule has 6 heteroatoms. The van der Waals surface area contributed by atoms with Crippen molar-refractivity contribution in [2.75, 3.05) is 13.2 Å². The molecule has 0 bridgehead atoms. The van der Waals surface area contributed by atoms with Crippen LogP contribution in [-0.4, -0.2) is 36.4 Å². The Balaban J connectivity index is 1.73. The molecule has 3 N–H and O–H groups in total. The molecule has 3 atom stereocenters. The van der Waals surface area contributed by atoms with Crippen LogP contribution in [0.1, 0.15) is 57.8 Å². The van der Waals surface area contributed by atoms with E-state index in [1.807, 2.05) is 0 Å². The molecule has 0 radical (unpaired) electrons. The number of amides is 2. The van der Waals surface area contributed by atoms with Gasteiger partial charge in [0.05, 0.1) is 25.0 Å². The highest BCUT2D eigenvalue weighted by Crippen LogP contribution is 2.22. The molecule has 136 valence electrons. The minimum atomic E-state index is -0.838. The first-order valence-corrected chi connectivity index (χ1v) is 8.93. The zero-order chi connectivity index (χ0) is 17.4. The third kappa shape index (κ3) is 6.17. The van der Waals surface area contributed by atoms with Gasteiger partial charge < -0.3 is 24.9 Å². The lowest BCUT2D eigenvalue weighted by molar-refractivity contribution is 0.00330. The Kier molecular flexibility index (Phi) is 7.59. The smallest absolute Gasteiger partial charge is 0.315 e. The molecular weight excluding hydrogens is 308 g/mol. The highest BCUT2D eigenvalue weighted by molar-refractivity contribution is 5.74. The molecule has 1 heterocycles. The molecule has 0 aromatic carbocycles. The first-order valence-electron chi connectivity index (χ1n) is 8.93. The number of nitrogens with one attached hydrogen (secondary N) is 2. The van der Waals surface area contributed by atoms with Gasteiger partial charge in [-0.25, -0.2) is 4.79 Å². The van der Waals surface area contributed by atoms with Crippen molar-refractivity contribution < 1.29 is 19.1 Å². The summed E-state index contributed by atoms with van der Waals surface area (Å²) in [6, 6.07) is 3.15. The van der Waals surface area contributed by atoms with Gasteiger partial charge in [-0.1, -0.05) is 26.7 Å². The van der Waals surface area contributed by atoms with Crippen LogP contribution in [0.25, 0.3) is 0 Å². The Morgan fingerprint density at radius 1 is 1.42 bits per heavy atom. The summed E-state index contributed by atoms with van der Waals surface area (Å²) >= 11 is 0. The van der Waals surface area contributed by atoms with E-state index in [1.54, 1.807) is 12.1 Å². The summed E-state index contributed by atoms with van der Waals surface area (Å²) in [5.74, 6) is 1.06. The molecule has 0 saturated heterocycles. The number of aliphatic hydroxyl groups is 1. The van der Waals surface area contributed by atoms with Crippen molar-refractivity contribution in [3.8, 4) is 0 Å². The fraction of sp³-hybridized carbons (Fsp3) is 0.722. The molecule has 6 nitrogen and oxygen atoms in total. The summed E-state index contributed by atoms with van der Waals surface area (Å²) in [5.41, 5.74) is 0. The second kappa shape index (κ2) is 9.69. The lowest BCUT2D eigenvalue weighted by atomic mass is 9.92. The Bertz CT molecular complexity index is 475. The number of hydrogen-bond acceptors (Lipinski definition) is 4. The van der Waals surface area contributed by atoms with E-state index in [9.17, 15) is 9.90 Å². The van der Waals surface area contributed by atoms with Crippen molar-refractivity contribution in [2.45, 2.75) is 64.2 Å². The van der Waals surface area contributed by atoms with E-state index in [1.165, 1.54) is 6.26 Å². The monoisotopic (exact) mass is 338 g/mol. The number of hydrogen-bond donors (Lipinski definition) is 3. The number of furan rings is 1. The summed E-state index contributed by atoms with van der Waals surface area (Å²) in [4.78, 5) is 12.1. The van der Waals surface area contributed by atoms with Crippen LogP contribution in [0.15, 0.2) is 22.8 Å². The van der Waals surface area contributed by atoms with Crippen molar-refractivity contribution in [1.29, 1.82) is 0 Å². The van der Waals surface area contributed by atoms with E-state index in [2.05, 4.69) is 24.5 Å². The number of aliphatic hydroxyl groups excluding tert-OH is 1. The molecule has 0 spiro atoms. The SMILES string of the molecule is CC(C)CCOC1CCCCC1NC(=O)NCC(O)c1ccco1. The Labute approximate surface area is 143 Å². The summed E-state index contributed by atoms with van der Waals surface area (Å²) in [5, 5.41) is 15.6. The maximum absolute atomic E-state index is 12.1. The molecule has 1 saturated carbocycles. The van der Waals surface area contributed by atoms with E-state index < -0.39 is 6.10 Å². The number of ether oxygens (including phenoxy) is 1. The summed E-state index contributed by atoms with van der Waals surface area (Å²) in [6.07, 6.45) is 5.93. The molecule has 0 aliphatic heterocycles. The van der Waals surface area contributed by atoms with E-state index in [4.69, 9.17) is 9.15 Å². The van der Waals surface area contributed by atoms with E-state index in [-0.39, 0.29) is 24.7 Å². The van der Waals surface area contributed by atoms with Crippen LogP contribution in [0.2, 0.25) is 0 Å². The maximum atomic E-state index is 12.1. The van der Waals surface area contributed by atoms with Gasteiger partial charge in [-0.05, 0) is 37.3 Å². The zero-order valence-corrected chi connectivity index (χ0v) is 14.7. The number of carbonyl (C=O) groups excluding carboxylic acids is 1. The summed E-state index contributed by atoms with van der Waals surface area (Å²) in [7, 11) is 0. The van der Waals surface area contributed by atoms with Crippen molar-refractivity contribution in [2.24, 2.45) is 5.92 Å². The molecule has 1 aromatic rings. The van der Waals surface area contributed by atoms with Crippen molar-refractivity contribution >= 4 is 6.03 Å². The third-order valence-electron chi connectivity index (χ3n) is 4.37. The number of carbonyl (C=O) groups is 1. The van der Waals surface area contributed by atoms with Gasteiger partial charge in [0.2, 0.25) is 0 Å². The van der Waals surface area contributed by atoms with Gasteiger partial charge in [0, 0.05) is 6.61 Å². The molecular formula is C18H30N2O4. The van der Waals surface area contributed by atoms with Crippen molar-refractivity contribution in [3.05, 3.63) is 24.2 Å². The topological polar surface area (TPSA) is 83.7 Å². The molecule has 1 fully saturated rings. The van der Waals surface area contributed by atoms with Crippen LogP contribution < -0.4 is 10.6 Å². The highest BCUT2D eigenvalue weighted by Gasteiger charge is 2.27. The van der Waals surface area contributed by atoms with Crippen LogP contribution in [-0.2, 0) is 4.74 Å². The molecule has 1 aliphatic carbocycles. The van der Waals surface area contributed by atoms with E-state index in [0.717, 1.165) is 38.7 Å². The normalized spacial score (nSPS) is 22.3. The quantitative estimate of drug-likeness (QED) is 0.680. The van der Waals surface area contributed by atoms with Gasteiger partial charge in [0.15, 0.2) is 0 Å². The van der Waals surface area contributed by atoms with Crippen LogP contribution in [0.5, 0.6) is 0 Å². The van der Waals surface area contributed by atoms with Gasteiger partial charge >= 0.3 is 6.03 Å². The molecule has 1 aromatic heterocycles. The third-order valence-corrected chi connectivity index (χ3v) is 4.37. The fourth-order valence-electron chi connectivity index (χ4n) is 2.91. The van der Waals surface area contributed by atoms with Crippen LogP contribution in [0.4, 0.5) is 4.79 Å². The average molecular weight is 338 g/mol. The van der Waals surface area contributed by atoms with Crippen LogP contribution in [0, 0.1) is 5.92 Å². The zero-order valence-electron chi connectivity index (χ0n) is 14.7. The lowest BCUT2D eigenvalue weighted by Gasteiger charge is -2.32. The Hall–Kier alpha value is -1.53. The molecule has 3 unspecified atom stereocenters. The van der Waals surface area contributed by atoms with Gasteiger partial charge in [0.25, 0.3) is 0 Å². The standard InChI is InChI=1S/C18H30N2O4/c1-13(2)9-11-24-16-7-4-3-6-14(16)20-18(22)19-12-15(21)17-8-5-10-23-17/h5,8,10,13-16,21H,3-4,6-7,9,11-12H2,1-2H3,(H2,19,20,22). The van der Waals surface area contributed by atoms with Crippen LogP contribution in [0.3, 0.4) is 0 Å². The maximum Gasteiger partial charge on any atom is 0.315 e. The second-order valence-electron chi connectivity index (χ2n) is 6.87.